The molecule has 1 atom stereocenters. The van der Waals surface area contributed by atoms with Gasteiger partial charge in [0, 0.05) is 24.9 Å². The van der Waals surface area contributed by atoms with Crippen molar-refractivity contribution in [2.24, 2.45) is 4.99 Å². The van der Waals surface area contributed by atoms with Crippen LogP contribution in [0.2, 0.25) is 0 Å². The Kier molecular flexibility index (Phi) is 10.3. The molecule has 0 aromatic carbocycles. The van der Waals surface area contributed by atoms with Crippen LogP contribution in [-0.2, 0) is 6.42 Å². The highest BCUT2D eigenvalue weighted by Crippen LogP contribution is 2.25. The molecule has 1 unspecified atom stereocenters. The monoisotopic (exact) mass is 517 g/mol. The maximum absolute atomic E-state index is 5.72. The molecule has 2 N–H and O–H groups in total. The smallest absolute Gasteiger partial charge is 0.191 e. The van der Waals surface area contributed by atoms with Crippen LogP contribution >= 0.6 is 35.3 Å². The minimum atomic E-state index is 0. The van der Waals surface area contributed by atoms with Crippen molar-refractivity contribution in [2.75, 3.05) is 32.7 Å². The second-order valence-electron chi connectivity index (χ2n) is 6.88. The highest BCUT2D eigenvalue weighted by atomic mass is 127. The van der Waals surface area contributed by atoms with Crippen molar-refractivity contribution in [2.45, 2.75) is 45.6 Å². The van der Waals surface area contributed by atoms with E-state index in [0.717, 1.165) is 55.0 Å². The van der Waals surface area contributed by atoms with Gasteiger partial charge in [0.1, 0.15) is 5.76 Å². The van der Waals surface area contributed by atoms with E-state index in [-0.39, 0.29) is 30.0 Å². The zero-order chi connectivity index (χ0) is 18.9. The molecule has 156 valence electrons. The molecule has 1 aliphatic heterocycles. The van der Waals surface area contributed by atoms with Crippen LogP contribution in [-0.4, -0.2) is 48.6 Å². The summed E-state index contributed by atoms with van der Waals surface area (Å²) >= 11 is 1.70. The maximum Gasteiger partial charge on any atom is 0.191 e. The molecule has 28 heavy (non-hydrogen) atoms. The fourth-order valence-corrected chi connectivity index (χ4v) is 4.09. The van der Waals surface area contributed by atoms with Crippen LogP contribution < -0.4 is 10.6 Å². The molecule has 1 fully saturated rings. The molecule has 0 radical (unpaired) electrons. The summed E-state index contributed by atoms with van der Waals surface area (Å²) < 4.78 is 5.72. The number of guanidine groups is 1. The number of piperidine rings is 1. The number of thiazole rings is 1. The molecule has 6 nitrogen and oxygen atoms in total. The molecule has 0 spiro atoms. The number of rotatable bonds is 8. The highest BCUT2D eigenvalue weighted by Gasteiger charge is 2.24. The van der Waals surface area contributed by atoms with Crippen molar-refractivity contribution in [3.63, 3.8) is 0 Å². The van der Waals surface area contributed by atoms with E-state index in [2.05, 4.69) is 38.9 Å². The molecule has 2 aromatic heterocycles. The van der Waals surface area contributed by atoms with Gasteiger partial charge in [-0.3, -0.25) is 9.89 Å². The Morgan fingerprint density at radius 2 is 2.14 bits per heavy atom. The average molecular weight is 517 g/mol. The Hall–Kier alpha value is -1.13. The lowest BCUT2D eigenvalue weighted by atomic mass is 10.1. The molecule has 2 aromatic rings. The van der Waals surface area contributed by atoms with Gasteiger partial charge in [0.05, 0.1) is 29.6 Å². The largest absolute Gasteiger partial charge is 0.468 e. The van der Waals surface area contributed by atoms with Crippen molar-refractivity contribution in [1.29, 1.82) is 0 Å². The van der Waals surface area contributed by atoms with E-state index < -0.39 is 0 Å². The van der Waals surface area contributed by atoms with E-state index in [0.29, 0.717) is 6.54 Å². The Bertz CT molecular complexity index is 697. The van der Waals surface area contributed by atoms with Crippen LogP contribution in [0, 0.1) is 6.92 Å². The van der Waals surface area contributed by atoms with E-state index in [1.807, 2.05) is 13.0 Å². The first kappa shape index (κ1) is 23.2. The minimum absolute atomic E-state index is 0. The van der Waals surface area contributed by atoms with Crippen LogP contribution in [0.4, 0.5) is 0 Å². The average Bonchev–Trinajstić information content (AvgIpc) is 3.35. The number of likely N-dealkylation sites (tertiary alicyclic amines) is 1. The van der Waals surface area contributed by atoms with E-state index in [1.165, 1.54) is 19.3 Å². The fourth-order valence-electron chi connectivity index (χ4n) is 3.45. The van der Waals surface area contributed by atoms with Crippen molar-refractivity contribution >= 4 is 41.3 Å². The molecular weight excluding hydrogens is 485 g/mol. The molecule has 3 heterocycles. The number of nitrogens with one attached hydrogen (secondary N) is 2. The quantitative estimate of drug-likeness (QED) is 0.315. The van der Waals surface area contributed by atoms with Gasteiger partial charge in [-0.25, -0.2) is 4.98 Å². The highest BCUT2D eigenvalue weighted by molar-refractivity contribution is 14.0. The summed E-state index contributed by atoms with van der Waals surface area (Å²) in [6, 6.07) is 4.24. The molecule has 1 aliphatic rings. The zero-order valence-electron chi connectivity index (χ0n) is 16.8. The number of aromatic nitrogens is 1. The normalized spacial score (nSPS) is 16.4. The first-order chi connectivity index (χ1) is 13.3. The Labute approximate surface area is 189 Å². The Balaban J connectivity index is 0.00000280. The fraction of sp³-hybridized carbons (Fsp3) is 0.600. The Morgan fingerprint density at radius 3 is 2.79 bits per heavy atom. The zero-order valence-corrected chi connectivity index (χ0v) is 20.0. The van der Waals surface area contributed by atoms with E-state index >= 15 is 0 Å². The lowest BCUT2D eigenvalue weighted by Gasteiger charge is -2.32. The third-order valence-corrected chi connectivity index (χ3v) is 5.63. The number of aliphatic imine (C=N–C) groups is 1. The van der Waals surface area contributed by atoms with Gasteiger partial charge in [-0.2, -0.15) is 0 Å². The maximum atomic E-state index is 5.72. The van der Waals surface area contributed by atoms with Gasteiger partial charge in [0.15, 0.2) is 5.96 Å². The molecular formula is C20H32IN5OS. The summed E-state index contributed by atoms with van der Waals surface area (Å²) in [6.07, 6.45) is 6.50. The van der Waals surface area contributed by atoms with E-state index in [9.17, 15) is 0 Å². The summed E-state index contributed by atoms with van der Waals surface area (Å²) in [4.78, 5) is 11.9. The predicted molar refractivity (Wildman–Crippen MR) is 127 cm³/mol. The van der Waals surface area contributed by atoms with E-state index in [4.69, 9.17) is 9.41 Å². The second-order valence-corrected chi connectivity index (χ2v) is 7.94. The first-order valence-electron chi connectivity index (χ1n) is 9.97. The van der Waals surface area contributed by atoms with Crippen molar-refractivity contribution < 1.29 is 4.42 Å². The third-order valence-electron chi connectivity index (χ3n) is 4.81. The number of hydrogen-bond donors (Lipinski definition) is 2. The SMILES string of the molecule is CCNC(=NCC(c1ccco1)N1CCCCC1)NCCc1csc(C)n1.I. The van der Waals surface area contributed by atoms with Gasteiger partial charge >= 0.3 is 0 Å². The number of aryl methyl sites for hydroxylation is 1. The van der Waals surface area contributed by atoms with Crippen LogP contribution in [0.3, 0.4) is 0 Å². The van der Waals surface area contributed by atoms with Crippen LogP contribution in [0.5, 0.6) is 0 Å². The van der Waals surface area contributed by atoms with Crippen molar-refractivity contribution in [3.8, 4) is 0 Å². The van der Waals surface area contributed by atoms with Crippen molar-refractivity contribution in [3.05, 3.63) is 40.2 Å². The number of halogens is 1. The lowest BCUT2D eigenvalue weighted by molar-refractivity contribution is 0.150. The molecule has 0 bridgehead atoms. The molecule has 1 saturated heterocycles. The molecule has 8 heteroatoms. The second kappa shape index (κ2) is 12.4. The first-order valence-corrected chi connectivity index (χ1v) is 10.8. The number of hydrogen-bond acceptors (Lipinski definition) is 5. The third kappa shape index (κ3) is 7.04. The van der Waals surface area contributed by atoms with Gasteiger partial charge < -0.3 is 15.1 Å². The van der Waals surface area contributed by atoms with Gasteiger partial charge in [-0.1, -0.05) is 6.42 Å². The summed E-state index contributed by atoms with van der Waals surface area (Å²) in [7, 11) is 0. The summed E-state index contributed by atoms with van der Waals surface area (Å²) in [5, 5.41) is 10.0. The van der Waals surface area contributed by atoms with Gasteiger partial charge in [0.25, 0.3) is 0 Å². The standard InChI is InChI=1S/C20H31N5OS.HI/c1-3-21-20(22-10-9-17-15-27-16(2)24-17)23-14-18(19-8-7-13-26-19)25-11-5-4-6-12-25;/h7-8,13,15,18H,3-6,9-12,14H2,1-2H3,(H2,21,22,23);1H. The van der Waals surface area contributed by atoms with E-state index in [1.54, 1.807) is 17.6 Å². The summed E-state index contributed by atoms with van der Waals surface area (Å²) in [5.41, 5.74) is 1.14. The van der Waals surface area contributed by atoms with Crippen molar-refractivity contribution in [1.82, 2.24) is 20.5 Å². The number of nitrogens with zero attached hydrogens (tertiary/aromatic N) is 3. The molecule has 0 aliphatic carbocycles. The predicted octanol–water partition coefficient (Wildman–Crippen LogP) is 3.99. The minimum Gasteiger partial charge on any atom is -0.468 e. The summed E-state index contributed by atoms with van der Waals surface area (Å²) in [5.74, 6) is 1.87. The Morgan fingerprint density at radius 1 is 1.32 bits per heavy atom. The topological polar surface area (TPSA) is 65.7 Å². The summed E-state index contributed by atoms with van der Waals surface area (Å²) in [6.45, 7) is 8.74. The molecule has 3 rings (SSSR count). The van der Waals surface area contributed by atoms with Crippen LogP contribution in [0.1, 0.15) is 48.7 Å². The number of furan rings is 1. The van der Waals surface area contributed by atoms with Gasteiger partial charge in [-0.15, -0.1) is 35.3 Å². The molecule has 0 amide bonds. The van der Waals surface area contributed by atoms with Gasteiger partial charge in [-0.05, 0) is 51.9 Å². The lowest BCUT2D eigenvalue weighted by Crippen LogP contribution is -2.40. The van der Waals surface area contributed by atoms with Crippen LogP contribution in [0.25, 0.3) is 0 Å². The van der Waals surface area contributed by atoms with Gasteiger partial charge in [0.2, 0.25) is 0 Å². The molecule has 0 saturated carbocycles. The van der Waals surface area contributed by atoms with Crippen LogP contribution in [0.15, 0.2) is 33.2 Å².